The second-order valence-electron chi connectivity index (χ2n) is 8.07. The van der Waals surface area contributed by atoms with Gasteiger partial charge in [0.1, 0.15) is 17.5 Å². The van der Waals surface area contributed by atoms with Gasteiger partial charge in [-0.1, -0.05) is 17.7 Å². The summed E-state index contributed by atoms with van der Waals surface area (Å²) < 4.78 is 11.8. The lowest BCUT2D eigenvalue weighted by molar-refractivity contribution is 0.0127. The SMILES string of the molecule is CC(C)(C)OC(=O)N1CCC(Oc2cccc(Cl)c2N2CCCC2)CC1. The molecule has 3 rings (SSSR count). The second-order valence-corrected chi connectivity index (χ2v) is 8.47. The number of carbonyl (C=O) groups excluding carboxylic acids is 1. The highest BCUT2D eigenvalue weighted by molar-refractivity contribution is 6.33. The lowest BCUT2D eigenvalue weighted by Crippen LogP contribution is -2.44. The molecule has 0 saturated carbocycles. The molecule has 0 unspecified atom stereocenters. The molecule has 2 saturated heterocycles. The zero-order chi connectivity index (χ0) is 18.7. The van der Waals surface area contributed by atoms with E-state index in [-0.39, 0.29) is 12.2 Å². The molecule has 0 aliphatic carbocycles. The molecule has 2 aliphatic heterocycles. The molecular weight excluding hydrogens is 352 g/mol. The minimum Gasteiger partial charge on any atom is -0.488 e. The summed E-state index contributed by atoms with van der Waals surface area (Å²) in [6.07, 6.45) is 3.83. The molecule has 5 nitrogen and oxygen atoms in total. The van der Waals surface area contributed by atoms with Crippen molar-refractivity contribution in [2.75, 3.05) is 31.1 Å². The number of benzene rings is 1. The van der Waals surface area contributed by atoms with E-state index in [1.165, 1.54) is 12.8 Å². The van der Waals surface area contributed by atoms with Gasteiger partial charge >= 0.3 is 6.09 Å². The maximum atomic E-state index is 12.2. The molecule has 1 aromatic carbocycles. The summed E-state index contributed by atoms with van der Waals surface area (Å²) in [4.78, 5) is 16.3. The van der Waals surface area contributed by atoms with Gasteiger partial charge in [0.25, 0.3) is 0 Å². The Labute approximate surface area is 161 Å². The normalized spacial score (nSPS) is 18.9. The number of hydrogen-bond acceptors (Lipinski definition) is 4. The Morgan fingerprint density at radius 3 is 2.38 bits per heavy atom. The molecule has 0 aromatic heterocycles. The number of nitrogens with zero attached hydrogens (tertiary/aromatic N) is 2. The summed E-state index contributed by atoms with van der Waals surface area (Å²) in [6, 6.07) is 5.86. The van der Waals surface area contributed by atoms with Crippen molar-refractivity contribution < 1.29 is 14.3 Å². The predicted octanol–water partition coefficient (Wildman–Crippen LogP) is 4.72. The van der Waals surface area contributed by atoms with Gasteiger partial charge in [-0.25, -0.2) is 4.79 Å². The lowest BCUT2D eigenvalue weighted by Gasteiger charge is -2.34. The summed E-state index contributed by atoms with van der Waals surface area (Å²) in [5.74, 6) is 0.857. The van der Waals surface area contributed by atoms with Crippen molar-refractivity contribution >= 4 is 23.4 Å². The van der Waals surface area contributed by atoms with E-state index in [0.29, 0.717) is 13.1 Å². The first-order chi connectivity index (χ1) is 12.3. The van der Waals surface area contributed by atoms with Crippen LogP contribution in [0.15, 0.2) is 18.2 Å². The number of anilines is 1. The number of halogens is 1. The number of ether oxygens (including phenoxy) is 2. The molecule has 144 valence electrons. The van der Waals surface area contributed by atoms with Gasteiger partial charge in [-0.2, -0.15) is 0 Å². The minimum absolute atomic E-state index is 0.0912. The third-order valence-electron chi connectivity index (χ3n) is 4.76. The zero-order valence-electron chi connectivity index (χ0n) is 16.0. The summed E-state index contributed by atoms with van der Waals surface area (Å²) in [6.45, 7) is 9.02. The molecule has 1 amide bonds. The molecule has 6 heteroatoms. The van der Waals surface area contributed by atoms with Gasteiger partial charge in [0, 0.05) is 39.0 Å². The fraction of sp³-hybridized carbons (Fsp3) is 0.650. The van der Waals surface area contributed by atoms with Crippen molar-refractivity contribution in [3.05, 3.63) is 23.2 Å². The van der Waals surface area contributed by atoms with Gasteiger partial charge in [0.2, 0.25) is 0 Å². The standard InChI is InChI=1S/C20H29ClN2O3/c1-20(2,3)26-19(24)23-13-9-15(10-14-23)25-17-8-6-7-16(21)18(17)22-11-4-5-12-22/h6-8,15H,4-5,9-14H2,1-3H3. The molecule has 0 atom stereocenters. The lowest BCUT2D eigenvalue weighted by atomic mass is 10.1. The summed E-state index contributed by atoms with van der Waals surface area (Å²) in [5.41, 5.74) is 0.553. The van der Waals surface area contributed by atoms with Crippen molar-refractivity contribution in [2.24, 2.45) is 0 Å². The van der Waals surface area contributed by atoms with Gasteiger partial charge in [-0.15, -0.1) is 0 Å². The van der Waals surface area contributed by atoms with Crippen LogP contribution in [0.4, 0.5) is 10.5 Å². The average molecular weight is 381 g/mol. The van der Waals surface area contributed by atoms with E-state index in [0.717, 1.165) is 42.4 Å². The number of likely N-dealkylation sites (tertiary alicyclic amines) is 1. The van der Waals surface area contributed by atoms with E-state index in [4.69, 9.17) is 21.1 Å². The van der Waals surface area contributed by atoms with Crippen LogP contribution in [-0.2, 0) is 4.74 Å². The molecule has 1 aromatic rings. The van der Waals surface area contributed by atoms with Crippen LogP contribution in [0.1, 0.15) is 46.5 Å². The Bertz CT molecular complexity index is 630. The van der Waals surface area contributed by atoms with E-state index >= 15 is 0 Å². The molecular formula is C20H29ClN2O3. The van der Waals surface area contributed by atoms with Crippen LogP contribution < -0.4 is 9.64 Å². The molecule has 0 spiro atoms. The Kier molecular flexibility index (Phi) is 5.86. The van der Waals surface area contributed by atoms with Crippen molar-refractivity contribution in [3.8, 4) is 5.75 Å². The van der Waals surface area contributed by atoms with Crippen LogP contribution in [0.2, 0.25) is 5.02 Å². The Morgan fingerprint density at radius 2 is 1.77 bits per heavy atom. The number of piperidine rings is 1. The zero-order valence-corrected chi connectivity index (χ0v) is 16.7. The fourth-order valence-corrected chi connectivity index (χ4v) is 3.79. The monoisotopic (exact) mass is 380 g/mol. The quantitative estimate of drug-likeness (QED) is 0.760. The summed E-state index contributed by atoms with van der Waals surface area (Å²) in [5, 5.41) is 0.746. The maximum absolute atomic E-state index is 12.2. The van der Waals surface area contributed by atoms with Crippen LogP contribution in [0.5, 0.6) is 5.75 Å². The van der Waals surface area contributed by atoms with Gasteiger partial charge in [-0.05, 0) is 45.7 Å². The molecule has 26 heavy (non-hydrogen) atoms. The smallest absolute Gasteiger partial charge is 0.410 e. The average Bonchev–Trinajstić information content (AvgIpc) is 3.08. The van der Waals surface area contributed by atoms with E-state index in [1.54, 1.807) is 4.90 Å². The van der Waals surface area contributed by atoms with Gasteiger partial charge < -0.3 is 19.3 Å². The highest BCUT2D eigenvalue weighted by atomic mass is 35.5. The molecule has 0 radical (unpaired) electrons. The van der Waals surface area contributed by atoms with E-state index < -0.39 is 5.60 Å². The first-order valence-electron chi connectivity index (χ1n) is 9.51. The molecule has 2 fully saturated rings. The first-order valence-corrected chi connectivity index (χ1v) is 9.89. The third kappa shape index (κ3) is 4.76. The second kappa shape index (κ2) is 7.95. The van der Waals surface area contributed by atoms with Gasteiger partial charge in [0.15, 0.2) is 0 Å². The first kappa shape index (κ1) is 19.2. The summed E-state index contributed by atoms with van der Waals surface area (Å²) >= 11 is 6.46. The van der Waals surface area contributed by atoms with Crippen molar-refractivity contribution in [3.63, 3.8) is 0 Å². The highest BCUT2D eigenvalue weighted by Gasteiger charge is 2.29. The van der Waals surface area contributed by atoms with E-state index in [9.17, 15) is 4.79 Å². The fourth-order valence-electron chi connectivity index (χ4n) is 3.50. The van der Waals surface area contributed by atoms with Crippen LogP contribution in [0, 0.1) is 0 Å². The number of carbonyl (C=O) groups is 1. The van der Waals surface area contributed by atoms with Crippen molar-refractivity contribution in [1.29, 1.82) is 0 Å². The minimum atomic E-state index is -0.462. The number of hydrogen-bond donors (Lipinski definition) is 0. The Hall–Kier alpha value is -1.62. The highest BCUT2D eigenvalue weighted by Crippen LogP contribution is 2.38. The Balaban J connectivity index is 1.60. The Morgan fingerprint density at radius 1 is 1.12 bits per heavy atom. The van der Waals surface area contributed by atoms with Crippen LogP contribution in [0.25, 0.3) is 0 Å². The van der Waals surface area contributed by atoms with Gasteiger partial charge in [-0.3, -0.25) is 0 Å². The topological polar surface area (TPSA) is 42.0 Å². The van der Waals surface area contributed by atoms with Crippen molar-refractivity contribution in [2.45, 2.75) is 58.2 Å². The van der Waals surface area contributed by atoms with Crippen LogP contribution >= 0.6 is 11.6 Å². The number of rotatable bonds is 3. The van der Waals surface area contributed by atoms with Crippen LogP contribution in [-0.4, -0.2) is 48.9 Å². The molecule has 0 bridgehead atoms. The largest absolute Gasteiger partial charge is 0.488 e. The van der Waals surface area contributed by atoms with Crippen molar-refractivity contribution in [1.82, 2.24) is 4.90 Å². The molecule has 0 N–H and O–H groups in total. The number of amides is 1. The predicted molar refractivity (Wildman–Crippen MR) is 104 cm³/mol. The molecule has 2 aliphatic rings. The maximum Gasteiger partial charge on any atom is 0.410 e. The molecule has 2 heterocycles. The number of para-hydroxylation sites is 1. The van der Waals surface area contributed by atoms with Crippen LogP contribution in [0.3, 0.4) is 0 Å². The van der Waals surface area contributed by atoms with E-state index in [2.05, 4.69) is 4.90 Å². The van der Waals surface area contributed by atoms with Gasteiger partial charge in [0.05, 0.1) is 10.7 Å². The third-order valence-corrected chi connectivity index (χ3v) is 5.06. The van der Waals surface area contributed by atoms with E-state index in [1.807, 2.05) is 39.0 Å². The summed E-state index contributed by atoms with van der Waals surface area (Å²) in [7, 11) is 0.